The SMILES string of the molecule is [CH2]CCC=CCCC=CCCC=CCC=CCCC=CCC. The lowest BCUT2D eigenvalue weighted by atomic mass is 10.2. The number of unbranched alkanes of at least 4 members (excludes halogenated alkanes) is 4. The molecule has 0 saturated heterocycles. The van der Waals surface area contributed by atoms with E-state index < -0.39 is 0 Å². The molecule has 0 amide bonds. The summed E-state index contributed by atoms with van der Waals surface area (Å²) in [5.74, 6) is 0. The van der Waals surface area contributed by atoms with Crippen molar-refractivity contribution >= 4 is 0 Å². The summed E-state index contributed by atoms with van der Waals surface area (Å²) in [5.41, 5.74) is 0. The highest BCUT2D eigenvalue weighted by Gasteiger charge is 1.80. The summed E-state index contributed by atoms with van der Waals surface area (Å²) in [6.07, 6.45) is 34.0. The van der Waals surface area contributed by atoms with Crippen LogP contribution in [0.3, 0.4) is 0 Å². The Morgan fingerprint density at radius 2 is 0.864 bits per heavy atom. The van der Waals surface area contributed by atoms with Gasteiger partial charge in [0.15, 0.2) is 0 Å². The van der Waals surface area contributed by atoms with Crippen LogP contribution in [0.25, 0.3) is 0 Å². The van der Waals surface area contributed by atoms with Gasteiger partial charge in [-0.3, -0.25) is 0 Å². The van der Waals surface area contributed by atoms with E-state index in [1.165, 1.54) is 6.42 Å². The van der Waals surface area contributed by atoms with Crippen molar-refractivity contribution in [1.82, 2.24) is 0 Å². The van der Waals surface area contributed by atoms with Crippen LogP contribution in [-0.2, 0) is 0 Å². The zero-order chi connectivity index (χ0) is 16.1. The zero-order valence-corrected chi connectivity index (χ0v) is 14.6. The molecule has 0 heterocycles. The van der Waals surface area contributed by atoms with E-state index in [2.05, 4.69) is 74.6 Å². The summed E-state index contributed by atoms with van der Waals surface area (Å²) in [7, 11) is 0. The van der Waals surface area contributed by atoms with E-state index in [9.17, 15) is 0 Å². The van der Waals surface area contributed by atoms with Crippen LogP contribution < -0.4 is 0 Å². The maximum atomic E-state index is 3.82. The van der Waals surface area contributed by atoms with Gasteiger partial charge in [-0.15, -0.1) is 0 Å². The van der Waals surface area contributed by atoms with Gasteiger partial charge in [-0.05, 0) is 64.2 Å². The molecule has 0 fully saturated rings. The molecule has 0 nitrogen and oxygen atoms in total. The number of allylic oxidation sites excluding steroid dienone is 10. The number of rotatable bonds is 14. The maximum absolute atomic E-state index is 3.82. The number of hydrogen-bond donors (Lipinski definition) is 0. The quantitative estimate of drug-likeness (QED) is 0.230. The van der Waals surface area contributed by atoms with Crippen LogP contribution in [0.1, 0.15) is 71.1 Å². The Hall–Kier alpha value is -1.30. The second-order valence-electron chi connectivity index (χ2n) is 5.38. The van der Waals surface area contributed by atoms with Gasteiger partial charge in [0.2, 0.25) is 0 Å². The summed E-state index contributed by atoms with van der Waals surface area (Å²) in [5, 5.41) is 0. The third-order valence-corrected chi connectivity index (χ3v) is 3.21. The van der Waals surface area contributed by atoms with Gasteiger partial charge >= 0.3 is 0 Å². The Kier molecular flexibility index (Phi) is 18.5. The fraction of sp³-hybridized carbons (Fsp3) is 0.500. The summed E-state index contributed by atoms with van der Waals surface area (Å²) in [6.45, 7) is 6.00. The molecular formula is C22H35. The molecule has 0 spiro atoms. The van der Waals surface area contributed by atoms with Crippen LogP contribution in [0.15, 0.2) is 60.8 Å². The lowest BCUT2D eigenvalue weighted by Crippen LogP contribution is -1.69. The first kappa shape index (κ1) is 20.7. The minimum Gasteiger partial charge on any atom is -0.0888 e. The minimum atomic E-state index is 1.00. The van der Waals surface area contributed by atoms with Gasteiger partial charge in [0.1, 0.15) is 0 Å². The molecular weight excluding hydrogens is 264 g/mol. The monoisotopic (exact) mass is 299 g/mol. The van der Waals surface area contributed by atoms with Crippen LogP contribution in [-0.4, -0.2) is 0 Å². The Bertz CT molecular complexity index is 339. The topological polar surface area (TPSA) is 0 Å². The van der Waals surface area contributed by atoms with E-state index in [-0.39, 0.29) is 0 Å². The molecule has 0 aromatic carbocycles. The van der Waals surface area contributed by atoms with Crippen LogP contribution in [0, 0.1) is 6.92 Å². The van der Waals surface area contributed by atoms with E-state index in [1.807, 2.05) is 0 Å². The fourth-order valence-electron chi connectivity index (χ4n) is 1.96. The fourth-order valence-corrected chi connectivity index (χ4v) is 1.96. The molecule has 0 unspecified atom stereocenters. The van der Waals surface area contributed by atoms with Crippen molar-refractivity contribution in [2.75, 3.05) is 0 Å². The van der Waals surface area contributed by atoms with Gasteiger partial charge in [-0.1, -0.05) is 74.6 Å². The molecule has 123 valence electrons. The van der Waals surface area contributed by atoms with Crippen molar-refractivity contribution in [2.45, 2.75) is 71.1 Å². The molecule has 0 aliphatic rings. The first-order valence-corrected chi connectivity index (χ1v) is 8.96. The summed E-state index contributed by atoms with van der Waals surface area (Å²) >= 11 is 0. The average molecular weight is 300 g/mol. The van der Waals surface area contributed by atoms with Crippen LogP contribution >= 0.6 is 0 Å². The van der Waals surface area contributed by atoms with E-state index in [0.29, 0.717) is 0 Å². The second kappa shape index (κ2) is 19.7. The molecule has 0 N–H and O–H groups in total. The largest absolute Gasteiger partial charge is 0.0888 e. The molecule has 1 radical (unpaired) electrons. The summed E-state index contributed by atoms with van der Waals surface area (Å²) in [6, 6.07) is 0. The Morgan fingerprint density at radius 1 is 0.500 bits per heavy atom. The standard InChI is InChI=1S/C22H35/c1-3-5-7-9-11-13-15-17-19-21-22-20-18-16-14-12-10-8-6-4-2/h6-9,14-17,20,22H,1,3-5,10-13,18-19,21H2,2H3. The Labute approximate surface area is 139 Å². The smallest absolute Gasteiger partial charge is 0.0169 e. The van der Waals surface area contributed by atoms with E-state index in [0.717, 1.165) is 57.8 Å². The van der Waals surface area contributed by atoms with Gasteiger partial charge in [0.05, 0.1) is 0 Å². The van der Waals surface area contributed by atoms with Crippen molar-refractivity contribution in [1.29, 1.82) is 0 Å². The highest BCUT2D eigenvalue weighted by atomic mass is 13.9. The third-order valence-electron chi connectivity index (χ3n) is 3.21. The molecule has 0 aromatic heterocycles. The Morgan fingerprint density at radius 3 is 1.27 bits per heavy atom. The lowest BCUT2D eigenvalue weighted by Gasteiger charge is -1.89. The van der Waals surface area contributed by atoms with Gasteiger partial charge < -0.3 is 0 Å². The molecule has 0 saturated carbocycles. The Balaban J connectivity index is 3.36. The second-order valence-corrected chi connectivity index (χ2v) is 5.38. The van der Waals surface area contributed by atoms with Crippen molar-refractivity contribution in [3.63, 3.8) is 0 Å². The highest BCUT2D eigenvalue weighted by Crippen LogP contribution is 2.00. The minimum absolute atomic E-state index is 1.00. The molecule has 0 heteroatoms. The molecule has 0 rings (SSSR count). The average Bonchev–Trinajstić information content (AvgIpc) is 2.54. The van der Waals surface area contributed by atoms with E-state index in [1.54, 1.807) is 0 Å². The van der Waals surface area contributed by atoms with E-state index >= 15 is 0 Å². The molecule has 22 heavy (non-hydrogen) atoms. The molecule has 0 aliphatic heterocycles. The van der Waals surface area contributed by atoms with E-state index in [4.69, 9.17) is 0 Å². The molecule has 0 aromatic rings. The van der Waals surface area contributed by atoms with Crippen molar-refractivity contribution in [3.8, 4) is 0 Å². The normalized spacial score (nSPS) is 13.0. The van der Waals surface area contributed by atoms with Gasteiger partial charge in [-0.25, -0.2) is 0 Å². The maximum Gasteiger partial charge on any atom is -0.0169 e. The molecule has 0 bridgehead atoms. The van der Waals surface area contributed by atoms with Crippen LogP contribution in [0.4, 0.5) is 0 Å². The van der Waals surface area contributed by atoms with Crippen molar-refractivity contribution in [3.05, 3.63) is 67.7 Å². The van der Waals surface area contributed by atoms with Gasteiger partial charge in [0, 0.05) is 0 Å². The first-order valence-electron chi connectivity index (χ1n) is 8.96. The summed E-state index contributed by atoms with van der Waals surface area (Å²) in [4.78, 5) is 0. The zero-order valence-electron chi connectivity index (χ0n) is 14.6. The predicted molar refractivity (Wildman–Crippen MR) is 103 cm³/mol. The summed E-state index contributed by atoms with van der Waals surface area (Å²) < 4.78 is 0. The highest BCUT2D eigenvalue weighted by molar-refractivity contribution is 4.95. The van der Waals surface area contributed by atoms with Crippen molar-refractivity contribution < 1.29 is 0 Å². The predicted octanol–water partition coefficient (Wildman–Crippen LogP) is 7.52. The van der Waals surface area contributed by atoms with Crippen LogP contribution in [0.2, 0.25) is 0 Å². The van der Waals surface area contributed by atoms with Gasteiger partial charge in [-0.2, -0.15) is 0 Å². The number of hydrogen-bond acceptors (Lipinski definition) is 0. The third kappa shape index (κ3) is 18.7. The first-order chi connectivity index (χ1) is 10.9. The van der Waals surface area contributed by atoms with Crippen LogP contribution in [0.5, 0.6) is 0 Å². The lowest BCUT2D eigenvalue weighted by molar-refractivity contribution is 0.984. The van der Waals surface area contributed by atoms with Gasteiger partial charge in [0.25, 0.3) is 0 Å². The van der Waals surface area contributed by atoms with Crippen molar-refractivity contribution in [2.24, 2.45) is 0 Å². The molecule has 0 atom stereocenters. The molecule has 0 aliphatic carbocycles.